The highest BCUT2D eigenvalue weighted by atomic mass is 16.4. The van der Waals surface area contributed by atoms with Crippen molar-refractivity contribution < 1.29 is 14.7 Å². The van der Waals surface area contributed by atoms with Gasteiger partial charge in [0.1, 0.15) is 0 Å². The maximum atomic E-state index is 13.6. The zero-order chi connectivity index (χ0) is 31.5. The van der Waals surface area contributed by atoms with E-state index in [0.717, 1.165) is 45.3 Å². The molecular weight excluding hydrogens is 544 g/mol. The van der Waals surface area contributed by atoms with Crippen LogP contribution in [0.15, 0.2) is 91.0 Å². The number of aromatic carboxylic acids is 1. The molecule has 0 radical (unpaired) electrons. The first-order valence-electron chi connectivity index (χ1n) is 15.4. The molecule has 5 aromatic rings. The van der Waals surface area contributed by atoms with Crippen LogP contribution in [0.5, 0.6) is 0 Å². The summed E-state index contributed by atoms with van der Waals surface area (Å²) in [5.41, 5.74) is 9.47. The summed E-state index contributed by atoms with van der Waals surface area (Å²) in [7, 11) is 0. The highest BCUT2D eigenvalue weighted by molar-refractivity contribution is 5.99. The van der Waals surface area contributed by atoms with Crippen molar-refractivity contribution in [1.82, 2.24) is 9.88 Å². The average molecular weight is 587 g/mol. The number of carboxylic acid groups (broad SMARTS) is 1. The van der Waals surface area contributed by atoms with Gasteiger partial charge in [0.2, 0.25) is 0 Å². The van der Waals surface area contributed by atoms with E-state index in [9.17, 15) is 14.7 Å². The van der Waals surface area contributed by atoms with Crippen molar-refractivity contribution in [3.63, 3.8) is 0 Å². The van der Waals surface area contributed by atoms with Crippen molar-refractivity contribution >= 4 is 22.8 Å². The largest absolute Gasteiger partial charge is 0.478 e. The minimum Gasteiger partial charge on any atom is -0.478 e. The van der Waals surface area contributed by atoms with Gasteiger partial charge in [0.15, 0.2) is 0 Å². The second-order valence-corrected chi connectivity index (χ2v) is 12.6. The van der Waals surface area contributed by atoms with Gasteiger partial charge in [-0.3, -0.25) is 4.79 Å². The number of carbonyl (C=O) groups is 2. The topological polar surface area (TPSA) is 71.3 Å². The number of benzene rings is 4. The highest BCUT2D eigenvalue weighted by Crippen LogP contribution is 2.30. The van der Waals surface area contributed by atoms with Crippen molar-refractivity contribution in [2.24, 2.45) is 5.92 Å². The lowest BCUT2D eigenvalue weighted by atomic mass is 9.93. The van der Waals surface area contributed by atoms with Crippen molar-refractivity contribution in [2.45, 2.75) is 66.5 Å². The minimum atomic E-state index is -0.932. The van der Waals surface area contributed by atoms with Crippen LogP contribution in [0.2, 0.25) is 0 Å². The number of carboxylic acids is 1. The number of aryl methyl sites for hydroxylation is 1. The molecule has 2 N–H and O–H groups in total. The third kappa shape index (κ3) is 6.47. The van der Waals surface area contributed by atoms with Crippen LogP contribution in [-0.2, 0) is 6.54 Å². The Hall–Kier alpha value is -4.64. The number of rotatable bonds is 10. The van der Waals surface area contributed by atoms with Crippen LogP contribution < -0.4 is 5.32 Å². The number of hydrogen-bond acceptors (Lipinski definition) is 2. The van der Waals surface area contributed by atoms with Gasteiger partial charge in [0.25, 0.3) is 5.91 Å². The first kappa shape index (κ1) is 30.8. The number of nitrogens with zero attached hydrogens (tertiary/aromatic N) is 1. The smallest absolute Gasteiger partial charge is 0.336 e. The SMILES string of the molecule is Cc1c(C)n(Cc2ccc(-c3ccccc3C(=O)O)cc2)c2ccc(C(=O)N[C@H](CC(C)C)c3cccc(C(C)C)c3)cc12. The Balaban J connectivity index is 1.39. The van der Waals surface area contributed by atoms with E-state index in [2.05, 4.69) is 93.9 Å². The Morgan fingerprint density at radius 3 is 2.20 bits per heavy atom. The van der Waals surface area contributed by atoms with Gasteiger partial charge in [-0.15, -0.1) is 0 Å². The predicted molar refractivity (Wildman–Crippen MR) is 180 cm³/mol. The molecular formula is C39H42N2O3. The second-order valence-electron chi connectivity index (χ2n) is 12.6. The molecule has 1 heterocycles. The maximum Gasteiger partial charge on any atom is 0.336 e. The van der Waals surface area contributed by atoms with Gasteiger partial charge in [-0.1, -0.05) is 94.4 Å². The normalized spacial score (nSPS) is 12.2. The van der Waals surface area contributed by atoms with Gasteiger partial charge in [-0.25, -0.2) is 4.79 Å². The lowest BCUT2D eigenvalue weighted by molar-refractivity contribution is 0.0697. The van der Waals surface area contributed by atoms with Crippen molar-refractivity contribution in [3.8, 4) is 11.1 Å². The van der Waals surface area contributed by atoms with E-state index in [-0.39, 0.29) is 11.9 Å². The second kappa shape index (κ2) is 12.9. The summed E-state index contributed by atoms with van der Waals surface area (Å²) in [5.74, 6) is -0.132. The molecule has 5 heteroatoms. The Kier molecular flexibility index (Phi) is 9.05. The molecule has 5 rings (SSSR count). The Labute approximate surface area is 260 Å². The lowest BCUT2D eigenvalue weighted by Gasteiger charge is -2.22. The number of carbonyl (C=O) groups excluding carboxylic acids is 1. The van der Waals surface area contributed by atoms with E-state index in [1.165, 1.54) is 5.56 Å². The summed E-state index contributed by atoms with van der Waals surface area (Å²) in [6, 6.07) is 29.7. The van der Waals surface area contributed by atoms with Crippen molar-refractivity contribution in [3.05, 3.63) is 130 Å². The molecule has 1 atom stereocenters. The third-order valence-electron chi connectivity index (χ3n) is 8.66. The fraction of sp³-hybridized carbons (Fsp3) is 0.282. The first-order chi connectivity index (χ1) is 21.0. The van der Waals surface area contributed by atoms with Crippen LogP contribution in [0.3, 0.4) is 0 Å². The average Bonchev–Trinajstić information content (AvgIpc) is 3.25. The zero-order valence-electron chi connectivity index (χ0n) is 26.5. The molecule has 0 unspecified atom stereocenters. The molecule has 0 fully saturated rings. The van der Waals surface area contributed by atoms with Crippen LogP contribution >= 0.6 is 0 Å². The van der Waals surface area contributed by atoms with Crippen LogP contribution in [0, 0.1) is 19.8 Å². The lowest BCUT2D eigenvalue weighted by Crippen LogP contribution is -2.29. The predicted octanol–water partition coefficient (Wildman–Crippen LogP) is 9.31. The van der Waals surface area contributed by atoms with E-state index >= 15 is 0 Å². The molecule has 44 heavy (non-hydrogen) atoms. The third-order valence-corrected chi connectivity index (χ3v) is 8.66. The maximum absolute atomic E-state index is 13.6. The quantitative estimate of drug-likeness (QED) is 0.171. The molecule has 0 saturated heterocycles. The first-order valence-corrected chi connectivity index (χ1v) is 15.4. The van der Waals surface area contributed by atoms with Gasteiger partial charge >= 0.3 is 5.97 Å². The Bertz CT molecular complexity index is 1810. The van der Waals surface area contributed by atoms with E-state index in [1.807, 2.05) is 36.4 Å². The van der Waals surface area contributed by atoms with Gasteiger partial charge in [0.05, 0.1) is 11.6 Å². The van der Waals surface area contributed by atoms with Crippen molar-refractivity contribution in [2.75, 3.05) is 0 Å². The number of amides is 1. The summed E-state index contributed by atoms with van der Waals surface area (Å²) >= 11 is 0. The van der Waals surface area contributed by atoms with Gasteiger partial charge in [0, 0.05) is 28.7 Å². The van der Waals surface area contributed by atoms with Crippen LogP contribution in [-0.4, -0.2) is 21.6 Å². The van der Waals surface area contributed by atoms with E-state index in [1.54, 1.807) is 12.1 Å². The van der Waals surface area contributed by atoms with Crippen LogP contribution in [0.25, 0.3) is 22.0 Å². The highest BCUT2D eigenvalue weighted by Gasteiger charge is 2.20. The van der Waals surface area contributed by atoms with E-state index in [4.69, 9.17) is 0 Å². The molecule has 0 spiro atoms. The Morgan fingerprint density at radius 1 is 0.818 bits per heavy atom. The number of aromatic nitrogens is 1. The molecule has 0 bridgehead atoms. The molecule has 0 aliphatic heterocycles. The monoisotopic (exact) mass is 586 g/mol. The number of hydrogen-bond donors (Lipinski definition) is 2. The summed E-state index contributed by atoms with van der Waals surface area (Å²) in [6.45, 7) is 13.7. The van der Waals surface area contributed by atoms with Crippen molar-refractivity contribution in [1.29, 1.82) is 0 Å². The molecule has 0 saturated carbocycles. The number of fused-ring (bicyclic) bond motifs is 1. The molecule has 226 valence electrons. The molecule has 0 aliphatic rings. The van der Waals surface area contributed by atoms with Gasteiger partial charge in [-0.05, 0) is 89.8 Å². The molecule has 0 aliphatic carbocycles. The fourth-order valence-corrected chi connectivity index (χ4v) is 6.01. The van der Waals surface area contributed by atoms with Crippen LogP contribution in [0.1, 0.15) is 94.7 Å². The standard InChI is InChI=1S/C39H42N2O3/c1-24(2)20-36(31-11-9-10-30(21-31)25(3)4)40-38(42)32-18-19-37-35(22-32)26(5)27(6)41(37)23-28-14-16-29(17-15-28)33-12-7-8-13-34(33)39(43)44/h7-19,21-22,24-25,36H,20,23H2,1-6H3,(H,40,42)(H,43,44)/t36-/m1/s1. The minimum absolute atomic E-state index is 0.0604. The van der Waals surface area contributed by atoms with E-state index in [0.29, 0.717) is 35.1 Å². The zero-order valence-corrected chi connectivity index (χ0v) is 26.5. The van der Waals surface area contributed by atoms with Gasteiger partial charge in [-0.2, -0.15) is 0 Å². The van der Waals surface area contributed by atoms with E-state index < -0.39 is 5.97 Å². The molecule has 5 nitrogen and oxygen atoms in total. The summed E-state index contributed by atoms with van der Waals surface area (Å²) < 4.78 is 2.28. The summed E-state index contributed by atoms with van der Waals surface area (Å²) in [6.07, 6.45) is 0.866. The Morgan fingerprint density at radius 2 is 1.52 bits per heavy atom. The van der Waals surface area contributed by atoms with Crippen LogP contribution in [0.4, 0.5) is 0 Å². The van der Waals surface area contributed by atoms with Gasteiger partial charge < -0.3 is 15.0 Å². The summed E-state index contributed by atoms with van der Waals surface area (Å²) in [4.78, 5) is 25.3. The summed E-state index contributed by atoms with van der Waals surface area (Å²) in [5, 5.41) is 14.0. The molecule has 4 aromatic carbocycles. The fourth-order valence-electron chi connectivity index (χ4n) is 6.01. The number of nitrogens with one attached hydrogen (secondary N) is 1. The molecule has 1 aromatic heterocycles. The molecule has 1 amide bonds.